The maximum Gasteiger partial charge on any atom is -0.00132 e. The van der Waals surface area contributed by atoms with Crippen molar-refractivity contribution in [1.82, 2.24) is 4.90 Å². The molecule has 2 heteroatoms. The summed E-state index contributed by atoms with van der Waals surface area (Å²) in [6, 6.07) is 0. The Morgan fingerprint density at radius 2 is 1.86 bits per heavy atom. The van der Waals surface area contributed by atoms with Crippen LogP contribution in [0.4, 0.5) is 0 Å². The average Bonchev–Trinajstić information content (AvgIpc) is 2.17. The van der Waals surface area contributed by atoms with Gasteiger partial charge in [-0.25, -0.2) is 0 Å². The Morgan fingerprint density at radius 1 is 1.29 bits per heavy atom. The average molecular weight is 198 g/mol. The van der Waals surface area contributed by atoms with Crippen molar-refractivity contribution in [2.45, 2.75) is 40.0 Å². The van der Waals surface area contributed by atoms with Gasteiger partial charge in [-0.3, -0.25) is 0 Å². The number of nitrogens with zero attached hydrogens (tertiary/aromatic N) is 1. The first-order valence-electron chi connectivity index (χ1n) is 5.96. The highest BCUT2D eigenvalue weighted by atomic mass is 15.1. The Balaban J connectivity index is 2.19. The van der Waals surface area contributed by atoms with Crippen LogP contribution in [0.15, 0.2) is 0 Å². The van der Waals surface area contributed by atoms with Crippen LogP contribution in [0.2, 0.25) is 0 Å². The molecule has 1 aliphatic rings. The van der Waals surface area contributed by atoms with Gasteiger partial charge in [0.15, 0.2) is 0 Å². The molecule has 0 saturated carbocycles. The van der Waals surface area contributed by atoms with Gasteiger partial charge in [0.05, 0.1) is 0 Å². The maximum atomic E-state index is 5.73. The van der Waals surface area contributed by atoms with Crippen LogP contribution < -0.4 is 5.73 Å². The van der Waals surface area contributed by atoms with Gasteiger partial charge in [-0.2, -0.15) is 0 Å². The number of hydrogen-bond donors (Lipinski definition) is 1. The smallest absolute Gasteiger partial charge is 0.00132 e. The van der Waals surface area contributed by atoms with Crippen LogP contribution in [0.3, 0.4) is 0 Å². The van der Waals surface area contributed by atoms with Crippen molar-refractivity contribution < 1.29 is 0 Å². The van der Waals surface area contributed by atoms with Crippen LogP contribution in [0.5, 0.6) is 0 Å². The standard InChI is InChI=1S/C12H26N2/c1-11-4-7-14(8-5-11)9-6-12(2,3)10-13/h11H,4-10,13H2,1-3H3. The quantitative estimate of drug-likeness (QED) is 0.749. The van der Waals surface area contributed by atoms with Crippen LogP contribution >= 0.6 is 0 Å². The minimum atomic E-state index is 0.322. The third-order valence-electron chi connectivity index (χ3n) is 3.53. The van der Waals surface area contributed by atoms with E-state index < -0.39 is 0 Å². The molecule has 0 aromatic heterocycles. The van der Waals surface area contributed by atoms with E-state index in [0.717, 1.165) is 12.5 Å². The van der Waals surface area contributed by atoms with Crippen LogP contribution in [0, 0.1) is 11.3 Å². The highest BCUT2D eigenvalue weighted by Crippen LogP contribution is 2.21. The van der Waals surface area contributed by atoms with Crippen LogP contribution in [0.1, 0.15) is 40.0 Å². The molecular formula is C12H26N2. The summed E-state index contributed by atoms with van der Waals surface area (Å²) in [5.41, 5.74) is 6.05. The number of rotatable bonds is 4. The second-order valence-corrected chi connectivity index (χ2v) is 5.64. The monoisotopic (exact) mass is 198 g/mol. The molecule has 14 heavy (non-hydrogen) atoms. The van der Waals surface area contributed by atoms with E-state index in [1.165, 1.54) is 38.9 Å². The molecule has 0 aromatic rings. The zero-order valence-corrected chi connectivity index (χ0v) is 10.1. The van der Waals surface area contributed by atoms with E-state index in [9.17, 15) is 0 Å². The number of likely N-dealkylation sites (tertiary alicyclic amines) is 1. The first kappa shape index (κ1) is 12.0. The predicted molar refractivity (Wildman–Crippen MR) is 62.3 cm³/mol. The topological polar surface area (TPSA) is 29.3 Å². The number of hydrogen-bond acceptors (Lipinski definition) is 2. The maximum absolute atomic E-state index is 5.73. The summed E-state index contributed by atoms with van der Waals surface area (Å²) in [6.45, 7) is 11.5. The van der Waals surface area contributed by atoms with Gasteiger partial charge < -0.3 is 10.6 Å². The van der Waals surface area contributed by atoms with Crippen molar-refractivity contribution in [3.05, 3.63) is 0 Å². The molecule has 0 unspecified atom stereocenters. The summed E-state index contributed by atoms with van der Waals surface area (Å²) in [5.74, 6) is 0.939. The Hall–Kier alpha value is -0.0800. The van der Waals surface area contributed by atoms with Gasteiger partial charge >= 0.3 is 0 Å². The van der Waals surface area contributed by atoms with E-state index in [4.69, 9.17) is 5.73 Å². The molecule has 84 valence electrons. The Bertz CT molecular complexity index is 158. The van der Waals surface area contributed by atoms with E-state index in [2.05, 4.69) is 25.7 Å². The van der Waals surface area contributed by atoms with E-state index >= 15 is 0 Å². The Labute approximate surface area is 88.8 Å². The third kappa shape index (κ3) is 3.97. The molecular weight excluding hydrogens is 172 g/mol. The van der Waals surface area contributed by atoms with Gasteiger partial charge in [0.2, 0.25) is 0 Å². The van der Waals surface area contributed by atoms with Crippen LogP contribution in [-0.4, -0.2) is 31.1 Å². The summed E-state index contributed by atoms with van der Waals surface area (Å²) in [6.07, 6.45) is 3.99. The molecule has 1 aliphatic heterocycles. The van der Waals surface area contributed by atoms with Gasteiger partial charge in [0.1, 0.15) is 0 Å². The second-order valence-electron chi connectivity index (χ2n) is 5.64. The summed E-state index contributed by atoms with van der Waals surface area (Å²) < 4.78 is 0. The van der Waals surface area contributed by atoms with Crippen molar-refractivity contribution in [2.75, 3.05) is 26.2 Å². The van der Waals surface area contributed by atoms with E-state index in [0.29, 0.717) is 5.41 Å². The molecule has 0 spiro atoms. The predicted octanol–water partition coefficient (Wildman–Crippen LogP) is 2.09. The summed E-state index contributed by atoms with van der Waals surface area (Å²) in [5, 5.41) is 0. The lowest BCUT2D eigenvalue weighted by Gasteiger charge is -2.33. The van der Waals surface area contributed by atoms with E-state index in [1.807, 2.05) is 0 Å². The minimum absolute atomic E-state index is 0.322. The van der Waals surface area contributed by atoms with Crippen molar-refractivity contribution in [2.24, 2.45) is 17.1 Å². The molecule has 2 N–H and O–H groups in total. The molecule has 0 radical (unpaired) electrons. The molecule has 0 bridgehead atoms. The summed E-state index contributed by atoms with van der Waals surface area (Å²) in [4.78, 5) is 2.59. The second kappa shape index (κ2) is 5.13. The molecule has 1 heterocycles. The molecule has 0 amide bonds. The van der Waals surface area contributed by atoms with Gasteiger partial charge in [-0.05, 0) is 56.8 Å². The molecule has 0 aromatic carbocycles. The van der Waals surface area contributed by atoms with Crippen LogP contribution in [-0.2, 0) is 0 Å². The van der Waals surface area contributed by atoms with E-state index in [1.54, 1.807) is 0 Å². The SMILES string of the molecule is CC1CCN(CCC(C)(C)CN)CC1. The molecule has 0 atom stereocenters. The Kier molecular flexibility index (Phi) is 4.39. The van der Waals surface area contributed by atoms with Gasteiger partial charge in [-0.15, -0.1) is 0 Å². The number of nitrogens with two attached hydrogens (primary N) is 1. The fourth-order valence-corrected chi connectivity index (χ4v) is 1.85. The normalized spacial score (nSPS) is 21.4. The van der Waals surface area contributed by atoms with Crippen molar-refractivity contribution >= 4 is 0 Å². The molecule has 1 rings (SSSR count). The zero-order valence-electron chi connectivity index (χ0n) is 10.1. The van der Waals surface area contributed by atoms with Gasteiger partial charge in [-0.1, -0.05) is 20.8 Å². The fourth-order valence-electron chi connectivity index (χ4n) is 1.85. The van der Waals surface area contributed by atoms with Crippen molar-refractivity contribution in [1.29, 1.82) is 0 Å². The lowest BCUT2D eigenvalue weighted by molar-refractivity contribution is 0.167. The third-order valence-corrected chi connectivity index (χ3v) is 3.53. The lowest BCUT2D eigenvalue weighted by atomic mass is 9.89. The first-order valence-corrected chi connectivity index (χ1v) is 5.96. The van der Waals surface area contributed by atoms with Gasteiger partial charge in [0, 0.05) is 0 Å². The molecule has 2 nitrogen and oxygen atoms in total. The number of piperidine rings is 1. The minimum Gasteiger partial charge on any atom is -0.330 e. The van der Waals surface area contributed by atoms with E-state index in [-0.39, 0.29) is 0 Å². The van der Waals surface area contributed by atoms with Crippen molar-refractivity contribution in [3.63, 3.8) is 0 Å². The lowest BCUT2D eigenvalue weighted by Crippen LogP contribution is -2.36. The van der Waals surface area contributed by atoms with Gasteiger partial charge in [0.25, 0.3) is 0 Å². The summed E-state index contributed by atoms with van der Waals surface area (Å²) in [7, 11) is 0. The van der Waals surface area contributed by atoms with Crippen LogP contribution in [0.25, 0.3) is 0 Å². The van der Waals surface area contributed by atoms with Crippen molar-refractivity contribution in [3.8, 4) is 0 Å². The fraction of sp³-hybridized carbons (Fsp3) is 1.00. The largest absolute Gasteiger partial charge is 0.330 e. The Morgan fingerprint density at radius 3 is 2.36 bits per heavy atom. The molecule has 0 aliphatic carbocycles. The first-order chi connectivity index (χ1) is 6.53. The zero-order chi connectivity index (χ0) is 10.6. The summed E-state index contributed by atoms with van der Waals surface area (Å²) >= 11 is 0. The highest BCUT2D eigenvalue weighted by molar-refractivity contribution is 4.74. The molecule has 1 fully saturated rings. The molecule has 1 saturated heterocycles. The highest BCUT2D eigenvalue weighted by Gasteiger charge is 2.20.